The van der Waals surface area contributed by atoms with Crippen molar-refractivity contribution in [2.45, 2.75) is 6.42 Å². The monoisotopic (exact) mass is 184 g/mol. The highest BCUT2D eigenvalue weighted by Gasteiger charge is 2.25. The summed E-state index contributed by atoms with van der Waals surface area (Å²) in [6, 6.07) is 0. The second-order valence-corrected chi connectivity index (χ2v) is 3.21. The van der Waals surface area contributed by atoms with Crippen molar-refractivity contribution in [2.24, 2.45) is 11.7 Å². The molecule has 1 heterocycles. The van der Waals surface area contributed by atoms with Gasteiger partial charge in [-0.2, -0.15) is 0 Å². The largest absolute Gasteiger partial charge is 0.449 e. The molecule has 0 spiro atoms. The lowest BCUT2D eigenvalue weighted by molar-refractivity contribution is 0.0459. The highest BCUT2D eigenvalue weighted by molar-refractivity contribution is 5.68. The molecule has 4 heteroatoms. The molecule has 2 N–H and O–H groups in total. The Hall–Kier alpha value is -1.03. The van der Waals surface area contributed by atoms with E-state index < -0.39 is 0 Å². The normalized spacial score (nSPS) is 22.7. The van der Waals surface area contributed by atoms with Gasteiger partial charge < -0.3 is 15.4 Å². The van der Waals surface area contributed by atoms with Gasteiger partial charge in [0.05, 0.1) is 6.61 Å². The summed E-state index contributed by atoms with van der Waals surface area (Å²) < 4.78 is 4.99. The Kier molecular flexibility index (Phi) is 3.76. The Morgan fingerprint density at radius 1 is 1.77 bits per heavy atom. The van der Waals surface area contributed by atoms with E-state index in [9.17, 15) is 4.79 Å². The SMILES string of the molecule is C=CCN1CC(CCN)COC1=O. The van der Waals surface area contributed by atoms with E-state index in [1.165, 1.54) is 0 Å². The summed E-state index contributed by atoms with van der Waals surface area (Å²) in [5.41, 5.74) is 5.43. The van der Waals surface area contributed by atoms with Crippen LogP contribution < -0.4 is 5.73 Å². The van der Waals surface area contributed by atoms with Crippen LogP contribution in [0.2, 0.25) is 0 Å². The van der Waals surface area contributed by atoms with Crippen molar-refractivity contribution in [3.05, 3.63) is 12.7 Å². The standard InChI is InChI=1S/C9H16N2O2/c1-2-5-11-6-8(3-4-10)7-13-9(11)12/h2,8H,1,3-7,10H2. The van der Waals surface area contributed by atoms with E-state index in [0.717, 1.165) is 13.0 Å². The number of nitrogens with zero attached hydrogens (tertiary/aromatic N) is 1. The van der Waals surface area contributed by atoms with Crippen LogP contribution in [0.25, 0.3) is 0 Å². The Bertz CT molecular complexity index is 194. The third-order valence-electron chi connectivity index (χ3n) is 2.10. The van der Waals surface area contributed by atoms with E-state index in [4.69, 9.17) is 10.5 Å². The van der Waals surface area contributed by atoms with Gasteiger partial charge in [0.2, 0.25) is 0 Å². The highest BCUT2D eigenvalue weighted by atomic mass is 16.6. The summed E-state index contributed by atoms with van der Waals surface area (Å²) in [4.78, 5) is 12.8. The number of ether oxygens (including phenoxy) is 1. The minimum Gasteiger partial charge on any atom is -0.449 e. The third kappa shape index (κ3) is 2.73. The number of hydrogen-bond acceptors (Lipinski definition) is 3. The quantitative estimate of drug-likeness (QED) is 0.650. The van der Waals surface area contributed by atoms with E-state index in [0.29, 0.717) is 25.6 Å². The highest BCUT2D eigenvalue weighted by Crippen LogP contribution is 2.13. The van der Waals surface area contributed by atoms with Crippen LogP contribution >= 0.6 is 0 Å². The van der Waals surface area contributed by atoms with Crippen molar-refractivity contribution in [2.75, 3.05) is 26.2 Å². The first-order chi connectivity index (χ1) is 6.27. The lowest BCUT2D eigenvalue weighted by Gasteiger charge is -2.31. The third-order valence-corrected chi connectivity index (χ3v) is 2.10. The Balaban J connectivity index is 2.42. The van der Waals surface area contributed by atoms with Gasteiger partial charge in [0, 0.05) is 19.0 Å². The number of hydrogen-bond donors (Lipinski definition) is 1. The molecule has 74 valence electrons. The minimum atomic E-state index is -0.242. The Morgan fingerprint density at radius 3 is 3.15 bits per heavy atom. The topological polar surface area (TPSA) is 55.6 Å². The van der Waals surface area contributed by atoms with Gasteiger partial charge in [0.1, 0.15) is 0 Å². The first-order valence-corrected chi connectivity index (χ1v) is 4.50. The van der Waals surface area contributed by atoms with Crippen molar-refractivity contribution < 1.29 is 9.53 Å². The maximum Gasteiger partial charge on any atom is 0.410 e. The fraction of sp³-hybridized carbons (Fsp3) is 0.667. The van der Waals surface area contributed by atoms with Gasteiger partial charge in [-0.05, 0) is 13.0 Å². The van der Waals surface area contributed by atoms with E-state index in [-0.39, 0.29) is 6.09 Å². The summed E-state index contributed by atoms with van der Waals surface area (Å²) in [7, 11) is 0. The molecule has 1 rings (SSSR count). The maximum absolute atomic E-state index is 11.2. The molecule has 1 amide bonds. The van der Waals surface area contributed by atoms with Crippen LogP contribution in [0.3, 0.4) is 0 Å². The molecular weight excluding hydrogens is 168 g/mol. The molecule has 1 saturated heterocycles. The summed E-state index contributed by atoms with van der Waals surface area (Å²) >= 11 is 0. The van der Waals surface area contributed by atoms with Gasteiger partial charge in [-0.15, -0.1) is 6.58 Å². The smallest absolute Gasteiger partial charge is 0.410 e. The van der Waals surface area contributed by atoms with Crippen molar-refractivity contribution in [3.63, 3.8) is 0 Å². The number of rotatable bonds is 4. The summed E-state index contributed by atoms with van der Waals surface area (Å²) in [5, 5.41) is 0. The predicted octanol–water partition coefficient (Wildman–Crippen LogP) is 0.590. The molecule has 1 fully saturated rings. The minimum absolute atomic E-state index is 0.242. The second-order valence-electron chi connectivity index (χ2n) is 3.21. The molecule has 1 aliphatic heterocycles. The first-order valence-electron chi connectivity index (χ1n) is 4.50. The molecule has 0 aromatic rings. The van der Waals surface area contributed by atoms with Gasteiger partial charge in [0.15, 0.2) is 0 Å². The van der Waals surface area contributed by atoms with Crippen LogP contribution in [0.5, 0.6) is 0 Å². The zero-order valence-electron chi connectivity index (χ0n) is 7.74. The summed E-state index contributed by atoms with van der Waals surface area (Å²) in [5.74, 6) is 0.377. The molecule has 0 bridgehead atoms. The van der Waals surface area contributed by atoms with Crippen molar-refractivity contribution in [1.29, 1.82) is 0 Å². The van der Waals surface area contributed by atoms with E-state index in [1.54, 1.807) is 11.0 Å². The van der Waals surface area contributed by atoms with Crippen LogP contribution in [0.1, 0.15) is 6.42 Å². The van der Waals surface area contributed by atoms with E-state index >= 15 is 0 Å². The molecule has 4 nitrogen and oxygen atoms in total. The average molecular weight is 184 g/mol. The molecule has 0 radical (unpaired) electrons. The van der Waals surface area contributed by atoms with Gasteiger partial charge in [-0.3, -0.25) is 0 Å². The van der Waals surface area contributed by atoms with Crippen LogP contribution in [0.4, 0.5) is 4.79 Å². The van der Waals surface area contributed by atoms with Gasteiger partial charge in [-0.25, -0.2) is 4.79 Å². The zero-order valence-corrected chi connectivity index (χ0v) is 7.74. The number of amides is 1. The molecule has 1 atom stereocenters. The van der Waals surface area contributed by atoms with Gasteiger partial charge >= 0.3 is 6.09 Å². The summed E-state index contributed by atoms with van der Waals surface area (Å²) in [6.07, 6.45) is 2.36. The van der Waals surface area contributed by atoms with Crippen LogP contribution in [0, 0.1) is 5.92 Å². The molecule has 0 saturated carbocycles. The van der Waals surface area contributed by atoms with Gasteiger partial charge in [0.25, 0.3) is 0 Å². The van der Waals surface area contributed by atoms with Crippen LogP contribution in [-0.2, 0) is 4.74 Å². The van der Waals surface area contributed by atoms with Crippen molar-refractivity contribution in [1.82, 2.24) is 4.90 Å². The number of cyclic esters (lactones) is 1. The molecular formula is C9H16N2O2. The van der Waals surface area contributed by atoms with E-state index in [2.05, 4.69) is 6.58 Å². The number of carbonyl (C=O) groups is 1. The Morgan fingerprint density at radius 2 is 2.54 bits per heavy atom. The molecule has 0 aromatic heterocycles. The summed E-state index contributed by atoms with van der Waals surface area (Å²) in [6.45, 7) is 6.03. The molecule has 0 aliphatic carbocycles. The maximum atomic E-state index is 11.2. The van der Waals surface area contributed by atoms with Crippen LogP contribution in [0.15, 0.2) is 12.7 Å². The zero-order chi connectivity index (χ0) is 9.68. The number of nitrogens with two attached hydrogens (primary N) is 1. The predicted molar refractivity (Wildman–Crippen MR) is 50.3 cm³/mol. The Labute approximate surface area is 78.3 Å². The fourth-order valence-corrected chi connectivity index (χ4v) is 1.43. The first kappa shape index (κ1) is 10.1. The van der Waals surface area contributed by atoms with Crippen molar-refractivity contribution in [3.8, 4) is 0 Å². The second kappa shape index (κ2) is 4.87. The average Bonchev–Trinajstić information content (AvgIpc) is 2.12. The lowest BCUT2D eigenvalue weighted by atomic mass is 10.1. The van der Waals surface area contributed by atoms with E-state index in [1.807, 2.05) is 0 Å². The van der Waals surface area contributed by atoms with Gasteiger partial charge in [-0.1, -0.05) is 6.08 Å². The molecule has 1 unspecified atom stereocenters. The number of carbonyl (C=O) groups excluding carboxylic acids is 1. The fourth-order valence-electron chi connectivity index (χ4n) is 1.43. The lowest BCUT2D eigenvalue weighted by Crippen LogP contribution is -2.43. The van der Waals surface area contributed by atoms with Crippen LogP contribution in [-0.4, -0.2) is 37.2 Å². The molecule has 1 aliphatic rings. The molecule has 13 heavy (non-hydrogen) atoms. The molecule has 0 aromatic carbocycles. The van der Waals surface area contributed by atoms with Crippen molar-refractivity contribution >= 4 is 6.09 Å².